The fourth-order valence-corrected chi connectivity index (χ4v) is 2.25. The predicted molar refractivity (Wildman–Crippen MR) is 74.6 cm³/mol. The highest BCUT2D eigenvalue weighted by Crippen LogP contribution is 2.14. The van der Waals surface area contributed by atoms with Gasteiger partial charge in [0.25, 0.3) is 0 Å². The number of carbonyl (C=O) groups is 1. The van der Waals surface area contributed by atoms with Gasteiger partial charge in [0.05, 0.1) is 7.11 Å². The monoisotopic (exact) mass is 279 g/mol. The number of furan rings is 1. The van der Waals surface area contributed by atoms with Crippen molar-refractivity contribution < 1.29 is 19.0 Å². The Morgan fingerprint density at radius 1 is 1.45 bits per heavy atom. The molecule has 1 atom stereocenters. The molecule has 1 aromatic heterocycles. The van der Waals surface area contributed by atoms with Gasteiger partial charge in [-0.1, -0.05) is 12.5 Å². The molecule has 0 saturated carbocycles. The van der Waals surface area contributed by atoms with Crippen molar-refractivity contribution in [2.75, 3.05) is 7.11 Å². The van der Waals surface area contributed by atoms with E-state index >= 15 is 0 Å². The molecule has 1 aliphatic rings. The average molecular weight is 279 g/mol. The summed E-state index contributed by atoms with van der Waals surface area (Å²) in [6, 6.07) is 3.98. The summed E-state index contributed by atoms with van der Waals surface area (Å²) >= 11 is 0. The molecule has 1 saturated heterocycles. The molecule has 2 rings (SSSR count). The third-order valence-corrected chi connectivity index (χ3v) is 3.28. The highest BCUT2D eigenvalue weighted by Gasteiger charge is 2.14. The van der Waals surface area contributed by atoms with E-state index in [9.17, 15) is 4.79 Å². The Balaban J connectivity index is 1.80. The van der Waals surface area contributed by atoms with Crippen LogP contribution in [0.15, 0.2) is 22.6 Å². The minimum atomic E-state index is 0.165. The molecule has 0 radical (unpaired) electrons. The number of hydrogen-bond acceptors (Lipinski definition) is 4. The van der Waals surface area contributed by atoms with E-state index in [1.165, 1.54) is 7.11 Å². The van der Waals surface area contributed by atoms with Gasteiger partial charge in [0.2, 0.25) is 5.91 Å². The second kappa shape index (κ2) is 7.87. The van der Waals surface area contributed by atoms with E-state index in [-0.39, 0.29) is 11.9 Å². The van der Waals surface area contributed by atoms with Crippen molar-refractivity contribution in [3.63, 3.8) is 0 Å². The Labute approximate surface area is 118 Å². The molecule has 0 spiro atoms. The fourth-order valence-electron chi connectivity index (χ4n) is 2.25. The summed E-state index contributed by atoms with van der Waals surface area (Å²) in [4.78, 5) is 20.8. The molecular weight excluding hydrogens is 258 g/mol. The van der Waals surface area contributed by atoms with Crippen LogP contribution in [0.3, 0.4) is 0 Å². The summed E-state index contributed by atoms with van der Waals surface area (Å²) in [5.74, 6) is 1.66. The molecule has 1 fully saturated rings. The molecule has 1 N–H and O–H groups in total. The molecule has 1 aliphatic heterocycles. The van der Waals surface area contributed by atoms with Gasteiger partial charge in [0, 0.05) is 12.5 Å². The lowest BCUT2D eigenvalue weighted by Gasteiger charge is -2.12. The van der Waals surface area contributed by atoms with E-state index in [0.717, 1.165) is 31.4 Å². The zero-order valence-corrected chi connectivity index (χ0v) is 11.8. The summed E-state index contributed by atoms with van der Waals surface area (Å²) in [7, 11) is 1.46. The van der Waals surface area contributed by atoms with Crippen molar-refractivity contribution in [1.82, 2.24) is 5.32 Å². The van der Waals surface area contributed by atoms with Crippen LogP contribution in [-0.2, 0) is 21.2 Å². The van der Waals surface area contributed by atoms with E-state index in [2.05, 4.69) is 10.2 Å². The lowest BCUT2D eigenvalue weighted by molar-refractivity contribution is -0.284. The van der Waals surface area contributed by atoms with E-state index < -0.39 is 0 Å². The van der Waals surface area contributed by atoms with Gasteiger partial charge < -0.3 is 9.73 Å². The molecule has 0 aromatic carbocycles. The van der Waals surface area contributed by atoms with Crippen LogP contribution in [-0.4, -0.2) is 19.1 Å². The Morgan fingerprint density at radius 3 is 3.20 bits per heavy atom. The summed E-state index contributed by atoms with van der Waals surface area (Å²) in [6.07, 6.45) is 8.59. The van der Waals surface area contributed by atoms with Crippen LogP contribution in [0.4, 0.5) is 0 Å². The number of carbonyl (C=O) groups excluding carboxylic acids is 1. The summed E-state index contributed by atoms with van der Waals surface area (Å²) in [5, 5.41) is 3.04. The van der Waals surface area contributed by atoms with E-state index in [4.69, 9.17) is 9.30 Å². The highest BCUT2D eigenvalue weighted by atomic mass is 17.2. The van der Waals surface area contributed by atoms with Crippen molar-refractivity contribution >= 4 is 12.0 Å². The summed E-state index contributed by atoms with van der Waals surface area (Å²) < 4.78 is 5.54. The molecular formula is C15H21NO4. The molecule has 5 nitrogen and oxygen atoms in total. The van der Waals surface area contributed by atoms with Crippen LogP contribution in [0.25, 0.3) is 6.08 Å². The lowest BCUT2D eigenvalue weighted by Crippen LogP contribution is -2.32. The number of rotatable bonds is 6. The maximum absolute atomic E-state index is 11.5. The Bertz CT molecular complexity index is 452. The quantitative estimate of drug-likeness (QED) is 0.642. The van der Waals surface area contributed by atoms with Crippen LogP contribution >= 0.6 is 0 Å². The molecule has 2 heterocycles. The first kappa shape index (κ1) is 14.8. The van der Waals surface area contributed by atoms with Gasteiger partial charge >= 0.3 is 0 Å². The zero-order valence-electron chi connectivity index (χ0n) is 11.8. The first-order chi connectivity index (χ1) is 9.78. The molecule has 20 heavy (non-hydrogen) atoms. The molecule has 5 heteroatoms. The van der Waals surface area contributed by atoms with Gasteiger partial charge in [-0.15, -0.1) is 0 Å². The van der Waals surface area contributed by atoms with E-state index in [0.29, 0.717) is 18.8 Å². The zero-order chi connectivity index (χ0) is 14.2. The van der Waals surface area contributed by atoms with Crippen LogP contribution in [0, 0.1) is 0 Å². The van der Waals surface area contributed by atoms with Gasteiger partial charge in [0.15, 0.2) is 0 Å². The van der Waals surface area contributed by atoms with Gasteiger partial charge in [-0.25, -0.2) is 9.78 Å². The molecule has 110 valence electrons. The Morgan fingerprint density at radius 2 is 2.35 bits per heavy atom. The largest absolute Gasteiger partial charge is 0.459 e. The van der Waals surface area contributed by atoms with Crippen molar-refractivity contribution in [2.24, 2.45) is 0 Å². The molecule has 0 aliphatic carbocycles. The highest BCUT2D eigenvalue weighted by molar-refractivity contribution is 5.76. The normalized spacial score (nSPS) is 20.1. The maximum Gasteiger partial charge on any atom is 0.220 e. The third kappa shape index (κ3) is 4.83. The third-order valence-electron chi connectivity index (χ3n) is 3.28. The van der Waals surface area contributed by atoms with Crippen molar-refractivity contribution in [3.8, 4) is 0 Å². The number of hydrogen-bond donors (Lipinski definition) is 1. The van der Waals surface area contributed by atoms with Gasteiger partial charge in [0.1, 0.15) is 18.1 Å². The summed E-state index contributed by atoms with van der Waals surface area (Å²) in [6.45, 7) is 0.295. The van der Waals surface area contributed by atoms with Crippen LogP contribution in [0.2, 0.25) is 0 Å². The van der Waals surface area contributed by atoms with Crippen molar-refractivity contribution in [1.29, 1.82) is 0 Å². The summed E-state index contributed by atoms with van der Waals surface area (Å²) in [5.41, 5.74) is 0. The SMILES string of the molecule is COOCc1ccc(C=CCC2CCCCC(=O)N2)o1. The first-order valence-electron chi connectivity index (χ1n) is 6.98. The van der Waals surface area contributed by atoms with E-state index in [1.807, 2.05) is 24.3 Å². The second-order valence-corrected chi connectivity index (χ2v) is 4.88. The maximum atomic E-state index is 11.5. The van der Waals surface area contributed by atoms with E-state index in [1.54, 1.807) is 0 Å². The standard InChI is InChI=1S/C15H21NO4/c1-18-19-11-14-10-9-13(20-14)7-4-6-12-5-2-3-8-15(17)16-12/h4,7,9-10,12H,2-3,5-6,8,11H2,1H3,(H,16,17). The Hall–Kier alpha value is -1.59. The van der Waals surface area contributed by atoms with Crippen molar-refractivity contribution in [2.45, 2.75) is 44.8 Å². The average Bonchev–Trinajstić information content (AvgIpc) is 2.78. The Kier molecular flexibility index (Phi) is 5.83. The topological polar surface area (TPSA) is 60.7 Å². The molecule has 1 unspecified atom stereocenters. The van der Waals surface area contributed by atoms with Gasteiger partial charge in [-0.3, -0.25) is 4.79 Å². The lowest BCUT2D eigenvalue weighted by atomic mass is 10.1. The van der Waals surface area contributed by atoms with Gasteiger partial charge in [-0.05, 0) is 37.5 Å². The number of amides is 1. The van der Waals surface area contributed by atoms with Crippen LogP contribution in [0.1, 0.15) is 43.6 Å². The predicted octanol–water partition coefficient (Wildman–Crippen LogP) is 2.82. The van der Waals surface area contributed by atoms with Crippen LogP contribution < -0.4 is 5.32 Å². The molecule has 1 aromatic rings. The van der Waals surface area contributed by atoms with Gasteiger partial charge in [-0.2, -0.15) is 0 Å². The second-order valence-electron chi connectivity index (χ2n) is 4.88. The minimum absolute atomic E-state index is 0.165. The molecule has 0 bridgehead atoms. The van der Waals surface area contributed by atoms with Crippen LogP contribution in [0.5, 0.6) is 0 Å². The van der Waals surface area contributed by atoms with Crippen molar-refractivity contribution in [3.05, 3.63) is 29.7 Å². The minimum Gasteiger partial charge on any atom is -0.459 e. The fraction of sp³-hybridized carbons (Fsp3) is 0.533. The molecule has 1 amide bonds. The smallest absolute Gasteiger partial charge is 0.220 e. The first-order valence-corrected chi connectivity index (χ1v) is 6.98. The number of nitrogens with one attached hydrogen (secondary N) is 1.